The largest absolute Gasteiger partial charge is 0.394 e. The van der Waals surface area contributed by atoms with Crippen LogP contribution in [0.3, 0.4) is 0 Å². The van der Waals surface area contributed by atoms with Crippen molar-refractivity contribution in [3.8, 4) is 0 Å². The van der Waals surface area contributed by atoms with Crippen LogP contribution in [0, 0.1) is 0 Å². The maximum absolute atomic E-state index is 11.3. The molecule has 1 saturated carbocycles. The summed E-state index contributed by atoms with van der Waals surface area (Å²) in [5.41, 5.74) is -0.885. The van der Waals surface area contributed by atoms with E-state index in [2.05, 4.69) is 0 Å². The molecule has 21 heavy (non-hydrogen) atoms. The first-order chi connectivity index (χ1) is 9.55. The van der Waals surface area contributed by atoms with Gasteiger partial charge in [-0.05, 0) is 58.7 Å². The lowest BCUT2D eigenvalue weighted by atomic mass is 9.86. The van der Waals surface area contributed by atoms with E-state index in [1.165, 1.54) is 0 Å². The topological polar surface area (TPSA) is 58.9 Å². The van der Waals surface area contributed by atoms with E-state index >= 15 is 0 Å². The molecule has 2 atom stereocenters. The minimum Gasteiger partial charge on any atom is -0.394 e. The average molecular weight is 316 g/mol. The Morgan fingerprint density at radius 3 is 2.19 bits per heavy atom. The van der Waals surface area contributed by atoms with Crippen LogP contribution in [0.5, 0.6) is 0 Å². The van der Waals surface area contributed by atoms with E-state index in [1.807, 2.05) is 20.8 Å². The first-order valence-corrected chi connectivity index (χ1v) is 9.41. The Kier molecular flexibility index (Phi) is 6.59. The molecular formula is C15H30BO4P. The normalized spacial score (nSPS) is 20.8. The van der Waals surface area contributed by atoms with Crippen molar-refractivity contribution >= 4 is 20.5 Å². The number of aliphatic hydroxyl groups excluding tert-OH is 1. The summed E-state index contributed by atoms with van der Waals surface area (Å²) in [5, 5.41) is 9.79. The molecule has 0 heterocycles. The molecule has 1 aliphatic rings. The summed E-state index contributed by atoms with van der Waals surface area (Å²) in [5.74, 6) is 0. The number of ether oxygens (including phenoxy) is 1. The minimum absolute atomic E-state index is 0.0107. The molecule has 0 spiro atoms. The van der Waals surface area contributed by atoms with Gasteiger partial charge in [0.15, 0.2) is 0 Å². The monoisotopic (exact) mass is 316 g/mol. The third-order valence-electron chi connectivity index (χ3n) is 3.88. The first kappa shape index (κ1) is 19.3. The Morgan fingerprint density at radius 1 is 1.29 bits per heavy atom. The maximum atomic E-state index is 11.3. The van der Waals surface area contributed by atoms with Crippen LogP contribution in [0.15, 0.2) is 0 Å². The number of hydrogen-bond acceptors (Lipinski definition) is 4. The van der Waals surface area contributed by atoms with Gasteiger partial charge in [0.25, 0.3) is 0 Å². The van der Waals surface area contributed by atoms with Gasteiger partial charge in [0, 0.05) is 5.50 Å². The lowest BCUT2D eigenvalue weighted by Crippen LogP contribution is -2.38. The minimum atomic E-state index is -2.79. The standard InChI is InChI=1S/C15H30BO4P/c1-6-12(10-17)19-11-14(2,3)21(18,13-8-7-9-13)20-15(4,5)16/h12,17-18H,6-11H2,1-5H3. The van der Waals surface area contributed by atoms with Crippen LogP contribution in [0.1, 0.15) is 60.3 Å². The molecule has 4 nitrogen and oxygen atoms in total. The molecule has 0 aromatic rings. The smallest absolute Gasteiger partial charge is 0.128 e. The second-order valence-electron chi connectivity index (χ2n) is 7.03. The van der Waals surface area contributed by atoms with Gasteiger partial charge in [-0.1, -0.05) is 6.92 Å². The highest BCUT2D eigenvalue weighted by molar-refractivity contribution is 7.68. The average Bonchev–Trinajstić information content (AvgIpc) is 2.24. The molecule has 0 bridgehead atoms. The molecule has 0 aromatic heterocycles. The summed E-state index contributed by atoms with van der Waals surface area (Å²) in [7, 11) is 3.20. The van der Waals surface area contributed by atoms with Crippen molar-refractivity contribution in [1.82, 2.24) is 0 Å². The van der Waals surface area contributed by atoms with Crippen molar-refractivity contribution in [3.05, 3.63) is 0 Å². The van der Waals surface area contributed by atoms with E-state index < -0.39 is 18.0 Å². The predicted molar refractivity (Wildman–Crippen MR) is 90.1 cm³/mol. The van der Waals surface area contributed by atoms with Crippen LogP contribution >= 0.6 is 7.34 Å². The van der Waals surface area contributed by atoms with Crippen molar-refractivity contribution < 1.29 is 19.3 Å². The molecule has 6 heteroatoms. The molecule has 1 rings (SSSR count). The van der Waals surface area contributed by atoms with E-state index in [0.29, 0.717) is 6.61 Å². The van der Waals surface area contributed by atoms with Gasteiger partial charge in [0.2, 0.25) is 0 Å². The molecule has 0 saturated heterocycles. The maximum Gasteiger partial charge on any atom is 0.128 e. The molecule has 2 N–H and O–H groups in total. The van der Waals surface area contributed by atoms with Crippen LogP contribution in [0.4, 0.5) is 0 Å². The zero-order valence-corrected chi connectivity index (χ0v) is 14.9. The van der Waals surface area contributed by atoms with Gasteiger partial charge in [-0.15, -0.1) is 0 Å². The fourth-order valence-corrected chi connectivity index (χ4v) is 5.39. The Morgan fingerprint density at radius 2 is 1.86 bits per heavy atom. The highest BCUT2D eigenvalue weighted by Crippen LogP contribution is 2.62. The Bertz CT molecular complexity index is 391. The Labute approximate surface area is 130 Å². The van der Waals surface area contributed by atoms with Crippen LogP contribution in [-0.2, 0) is 9.26 Å². The zero-order valence-electron chi connectivity index (χ0n) is 14.1. The molecule has 2 unspecified atom stereocenters. The summed E-state index contributed by atoms with van der Waals surface area (Å²) >= 11 is 0. The number of rotatable bonds is 8. The summed E-state index contributed by atoms with van der Waals surface area (Å²) < 4.78 is 11.7. The third kappa shape index (κ3) is 4.84. The van der Waals surface area contributed by atoms with Crippen molar-refractivity contribution in [2.24, 2.45) is 0 Å². The van der Waals surface area contributed by atoms with Gasteiger partial charge in [-0.2, -0.15) is 0 Å². The van der Waals surface area contributed by atoms with Gasteiger partial charge < -0.3 is 19.3 Å². The van der Waals surface area contributed by atoms with Gasteiger partial charge in [0.1, 0.15) is 15.2 Å². The molecule has 122 valence electrons. The summed E-state index contributed by atoms with van der Waals surface area (Å²) in [6, 6.07) is 0. The van der Waals surface area contributed by atoms with Crippen LogP contribution < -0.4 is 0 Å². The lowest BCUT2D eigenvalue weighted by molar-refractivity contribution is -0.000495. The van der Waals surface area contributed by atoms with Crippen LogP contribution in [-0.4, -0.2) is 53.1 Å². The quantitative estimate of drug-likeness (QED) is 0.534. The molecule has 0 aliphatic heterocycles. The van der Waals surface area contributed by atoms with Crippen LogP contribution in [0.25, 0.3) is 0 Å². The summed E-state index contributed by atoms with van der Waals surface area (Å²) in [6.07, 6.45) is 3.44. The predicted octanol–water partition coefficient (Wildman–Crippen LogP) is 2.67. The molecule has 2 radical (unpaired) electrons. The second-order valence-corrected chi connectivity index (χ2v) is 10.2. The SMILES string of the molecule is [B]C(C)(C)OP(O)(=C1CCC1)C(C)(C)COC(CC)CO. The van der Waals surface area contributed by atoms with Gasteiger partial charge in [-0.25, -0.2) is 0 Å². The Balaban J connectivity index is 2.97. The molecule has 0 aromatic carbocycles. The first-order valence-electron chi connectivity index (χ1n) is 7.75. The second kappa shape index (κ2) is 7.19. The van der Waals surface area contributed by atoms with Gasteiger partial charge in [-0.3, -0.25) is 0 Å². The summed E-state index contributed by atoms with van der Waals surface area (Å²) in [4.78, 5) is 11.3. The van der Waals surface area contributed by atoms with E-state index in [1.54, 1.807) is 13.8 Å². The molecule has 1 aliphatic carbocycles. The van der Waals surface area contributed by atoms with E-state index in [-0.39, 0.29) is 12.7 Å². The van der Waals surface area contributed by atoms with Crippen LogP contribution in [0.2, 0.25) is 0 Å². The zero-order chi connectivity index (χ0) is 16.3. The molecule has 1 fully saturated rings. The number of aliphatic hydroxyl groups is 1. The van der Waals surface area contributed by atoms with Crippen molar-refractivity contribution in [1.29, 1.82) is 0 Å². The van der Waals surface area contributed by atoms with E-state index in [9.17, 15) is 10.00 Å². The highest BCUT2D eigenvalue weighted by Gasteiger charge is 2.43. The fraction of sp³-hybridized carbons (Fsp3) is 0.933. The third-order valence-corrected chi connectivity index (χ3v) is 7.69. The lowest BCUT2D eigenvalue weighted by Gasteiger charge is -2.44. The van der Waals surface area contributed by atoms with Crippen molar-refractivity contribution in [2.75, 3.05) is 13.2 Å². The molecule has 0 amide bonds. The highest BCUT2D eigenvalue weighted by atomic mass is 31.2. The van der Waals surface area contributed by atoms with Gasteiger partial charge >= 0.3 is 0 Å². The van der Waals surface area contributed by atoms with Crippen molar-refractivity contribution in [3.63, 3.8) is 0 Å². The summed E-state index contributed by atoms with van der Waals surface area (Å²) in [6.45, 7) is 9.74. The fourth-order valence-electron chi connectivity index (χ4n) is 2.30. The molecular weight excluding hydrogens is 286 g/mol. The number of hydrogen-bond donors (Lipinski definition) is 2. The Hall–Kier alpha value is 0.205. The van der Waals surface area contributed by atoms with E-state index in [0.717, 1.165) is 31.0 Å². The van der Waals surface area contributed by atoms with Crippen molar-refractivity contribution in [2.45, 2.75) is 77.1 Å². The van der Waals surface area contributed by atoms with E-state index in [4.69, 9.17) is 17.1 Å². The van der Waals surface area contributed by atoms with Gasteiger partial charge in [0.05, 0.1) is 24.5 Å².